The van der Waals surface area contributed by atoms with E-state index < -0.39 is 0 Å². The lowest BCUT2D eigenvalue weighted by molar-refractivity contribution is 1.14. The van der Waals surface area contributed by atoms with Gasteiger partial charge in [0, 0.05) is 62.6 Å². The topological polar surface area (TPSA) is 48.5 Å². The van der Waals surface area contributed by atoms with E-state index in [4.69, 9.17) is 15.0 Å². The number of nitrogens with zero attached hydrogens (tertiary/aromatic N) is 5. The quantitative estimate of drug-likeness (QED) is 0.172. The summed E-state index contributed by atoms with van der Waals surface area (Å²) in [5, 5.41) is 4.76. The predicted molar refractivity (Wildman–Crippen MR) is 230 cm³/mol. The third-order valence-corrected chi connectivity index (χ3v) is 10.8. The summed E-state index contributed by atoms with van der Waals surface area (Å²) in [6, 6.07) is 64.7. The van der Waals surface area contributed by atoms with Gasteiger partial charge < -0.3 is 4.57 Å². The van der Waals surface area contributed by atoms with Crippen LogP contribution < -0.4 is 0 Å². The zero-order valence-corrected chi connectivity index (χ0v) is 30.3. The molecule has 0 spiro atoms. The molecule has 5 heteroatoms. The lowest BCUT2D eigenvalue weighted by atomic mass is 9.96. The largest absolute Gasteiger partial charge is 0.309 e. The Kier molecular flexibility index (Phi) is 7.42. The molecule has 0 aliphatic rings. The van der Waals surface area contributed by atoms with Crippen molar-refractivity contribution in [3.05, 3.63) is 201 Å². The van der Waals surface area contributed by atoms with Crippen LogP contribution in [0.4, 0.5) is 0 Å². The highest BCUT2D eigenvalue weighted by molar-refractivity contribution is 6.12. The van der Waals surface area contributed by atoms with Crippen LogP contribution in [-0.2, 0) is 0 Å². The molecule has 0 saturated heterocycles. The van der Waals surface area contributed by atoms with Gasteiger partial charge in [-0.2, -0.15) is 0 Å². The lowest BCUT2D eigenvalue weighted by Gasteiger charge is -2.13. The molecule has 5 aromatic heterocycles. The second-order valence-corrected chi connectivity index (χ2v) is 14.1. The summed E-state index contributed by atoms with van der Waals surface area (Å²) in [5.74, 6) is 0. The second-order valence-electron chi connectivity index (χ2n) is 14.1. The van der Waals surface area contributed by atoms with Crippen LogP contribution in [-0.4, -0.2) is 24.1 Å². The molecule has 6 aromatic carbocycles. The summed E-state index contributed by atoms with van der Waals surface area (Å²) in [6.07, 6.45) is 5.57. The van der Waals surface area contributed by atoms with Crippen LogP contribution in [0.5, 0.6) is 0 Å². The average molecular weight is 716 g/mol. The molecule has 0 N–H and O–H groups in total. The Labute approximate surface area is 323 Å². The molecular weight excluding hydrogens is 683 g/mol. The van der Waals surface area contributed by atoms with Crippen LogP contribution >= 0.6 is 0 Å². The van der Waals surface area contributed by atoms with E-state index in [9.17, 15) is 0 Å². The first-order valence-electron chi connectivity index (χ1n) is 18.8. The highest BCUT2D eigenvalue weighted by atomic mass is 15.0. The van der Waals surface area contributed by atoms with Crippen molar-refractivity contribution in [2.45, 2.75) is 0 Å². The molecule has 0 aliphatic heterocycles. The first-order chi connectivity index (χ1) is 27.8. The van der Waals surface area contributed by atoms with Crippen LogP contribution in [0.2, 0.25) is 0 Å². The van der Waals surface area contributed by atoms with E-state index in [0.717, 1.165) is 78.2 Å². The zero-order chi connectivity index (χ0) is 37.0. The normalized spacial score (nSPS) is 11.6. The fourth-order valence-electron chi connectivity index (χ4n) is 8.27. The smallest absolute Gasteiger partial charge is 0.145 e. The lowest BCUT2D eigenvalue weighted by Crippen LogP contribution is -1.95. The predicted octanol–water partition coefficient (Wildman–Crippen LogP) is 12.7. The second kappa shape index (κ2) is 13.0. The third-order valence-electron chi connectivity index (χ3n) is 10.8. The summed E-state index contributed by atoms with van der Waals surface area (Å²) in [6.45, 7) is 0. The van der Waals surface area contributed by atoms with Gasteiger partial charge in [-0.05, 0) is 125 Å². The van der Waals surface area contributed by atoms with Crippen molar-refractivity contribution < 1.29 is 0 Å². The van der Waals surface area contributed by atoms with Crippen LogP contribution in [0.15, 0.2) is 201 Å². The van der Waals surface area contributed by atoms with Crippen molar-refractivity contribution in [1.29, 1.82) is 0 Å². The number of aromatic nitrogens is 5. The van der Waals surface area contributed by atoms with Gasteiger partial charge >= 0.3 is 0 Å². The van der Waals surface area contributed by atoms with Crippen molar-refractivity contribution in [3.63, 3.8) is 0 Å². The van der Waals surface area contributed by atoms with E-state index in [2.05, 4.69) is 161 Å². The molecule has 0 radical (unpaired) electrons. The fraction of sp³-hybridized carbons (Fsp3) is 0. The van der Waals surface area contributed by atoms with Gasteiger partial charge in [-0.25, -0.2) is 4.98 Å². The molecule has 0 unspecified atom stereocenters. The van der Waals surface area contributed by atoms with Gasteiger partial charge in [-0.15, -0.1) is 0 Å². The van der Waals surface area contributed by atoms with Gasteiger partial charge in [0.1, 0.15) is 5.65 Å². The number of hydrogen-bond acceptors (Lipinski definition) is 3. The molecule has 56 heavy (non-hydrogen) atoms. The maximum absolute atomic E-state index is 4.83. The molecule has 0 bridgehead atoms. The molecule has 0 atom stereocenters. The van der Waals surface area contributed by atoms with E-state index in [1.807, 2.05) is 48.9 Å². The summed E-state index contributed by atoms with van der Waals surface area (Å²) in [4.78, 5) is 14.2. The van der Waals surface area contributed by atoms with E-state index in [1.54, 1.807) is 0 Å². The molecule has 0 fully saturated rings. The molecule has 262 valence electrons. The van der Waals surface area contributed by atoms with E-state index in [1.165, 1.54) is 21.7 Å². The average Bonchev–Trinajstić information content (AvgIpc) is 3.79. The number of hydrogen-bond donors (Lipinski definition) is 0. The molecular formula is C51H33N5. The van der Waals surface area contributed by atoms with Gasteiger partial charge in [0.15, 0.2) is 0 Å². The number of fused-ring (bicyclic) bond motifs is 6. The monoisotopic (exact) mass is 715 g/mol. The van der Waals surface area contributed by atoms with Gasteiger partial charge in [0.2, 0.25) is 0 Å². The van der Waals surface area contributed by atoms with Gasteiger partial charge in [0.05, 0.1) is 27.9 Å². The standard InChI is InChI=1S/C51H33N5/c1-2-13-40(14-3-1)56-49-24-22-35(32-45(49)44-17-11-27-54-51(44)56)36-21-23-43-42-16-4-5-20-48(42)55(50(43)33-36)41-15-10-12-34(31-41)37-28-38(46-18-6-8-25-52-46)30-39(29-37)47-19-7-9-26-53-47/h1-33H. The van der Waals surface area contributed by atoms with Crippen molar-refractivity contribution in [3.8, 4) is 56.1 Å². The Morgan fingerprint density at radius 1 is 0.286 bits per heavy atom. The zero-order valence-electron chi connectivity index (χ0n) is 30.3. The first-order valence-corrected chi connectivity index (χ1v) is 18.8. The maximum atomic E-state index is 4.83. The van der Waals surface area contributed by atoms with Gasteiger partial charge in [-0.3, -0.25) is 14.5 Å². The minimum absolute atomic E-state index is 0.927. The molecule has 0 saturated carbocycles. The van der Waals surface area contributed by atoms with Crippen molar-refractivity contribution >= 4 is 43.7 Å². The molecule has 11 aromatic rings. The van der Waals surface area contributed by atoms with Gasteiger partial charge in [-0.1, -0.05) is 78.9 Å². The summed E-state index contributed by atoms with van der Waals surface area (Å²) >= 11 is 0. The Balaban J connectivity index is 1.08. The molecule has 0 aliphatic carbocycles. The summed E-state index contributed by atoms with van der Waals surface area (Å²) < 4.78 is 4.66. The fourth-order valence-corrected chi connectivity index (χ4v) is 8.27. The number of benzene rings is 6. The first kappa shape index (κ1) is 31.9. The van der Waals surface area contributed by atoms with E-state index in [0.29, 0.717) is 0 Å². The SMILES string of the molecule is c1ccc(-n2c3ccc(-c4ccc5c6ccccc6n(-c6cccc(-c7cc(-c8ccccn8)cc(-c8ccccn8)c7)c6)c5c4)cc3c3cccnc32)cc1. The van der Waals surface area contributed by atoms with E-state index in [-0.39, 0.29) is 0 Å². The van der Waals surface area contributed by atoms with Crippen molar-refractivity contribution in [1.82, 2.24) is 24.1 Å². The van der Waals surface area contributed by atoms with Crippen molar-refractivity contribution in [2.75, 3.05) is 0 Å². The Bertz CT molecular complexity index is 3180. The highest BCUT2D eigenvalue weighted by Crippen LogP contribution is 2.39. The Morgan fingerprint density at radius 2 is 0.893 bits per heavy atom. The Morgan fingerprint density at radius 3 is 1.68 bits per heavy atom. The number of para-hydroxylation sites is 2. The molecule has 0 amide bonds. The van der Waals surface area contributed by atoms with Gasteiger partial charge in [0.25, 0.3) is 0 Å². The molecule has 5 heterocycles. The van der Waals surface area contributed by atoms with Crippen LogP contribution in [0.25, 0.3) is 99.9 Å². The third kappa shape index (κ3) is 5.29. The minimum Gasteiger partial charge on any atom is -0.309 e. The molecule has 11 rings (SSSR count). The molecule has 5 nitrogen and oxygen atoms in total. The highest BCUT2D eigenvalue weighted by Gasteiger charge is 2.17. The minimum atomic E-state index is 0.927. The van der Waals surface area contributed by atoms with Crippen LogP contribution in [0, 0.1) is 0 Å². The Hall–Kier alpha value is -7.63. The van der Waals surface area contributed by atoms with Crippen LogP contribution in [0.3, 0.4) is 0 Å². The number of rotatable bonds is 6. The van der Waals surface area contributed by atoms with Crippen molar-refractivity contribution in [2.24, 2.45) is 0 Å². The van der Waals surface area contributed by atoms with Crippen LogP contribution in [0.1, 0.15) is 0 Å². The number of pyridine rings is 3. The summed E-state index contributed by atoms with van der Waals surface area (Å²) in [5.41, 5.74) is 15.1. The van der Waals surface area contributed by atoms with E-state index >= 15 is 0 Å². The maximum Gasteiger partial charge on any atom is 0.145 e. The summed E-state index contributed by atoms with van der Waals surface area (Å²) in [7, 11) is 0.